The largest absolute Gasteiger partial charge is 0.338 e. The number of carbonyl (C=O) groups excluding carboxylic acids is 1. The standard InChI is InChI=1S/C12H13FN4O2/c1-6-7(2)17-19-12(6)15-11(18)8-4-3-5-9(13)10(8)16-14/h3-5,16H,14H2,1-2H3,(H,15,18). The Bertz CT molecular complexity index is 624. The zero-order valence-corrected chi connectivity index (χ0v) is 10.5. The maximum Gasteiger partial charge on any atom is 0.260 e. The van der Waals surface area contributed by atoms with Crippen molar-refractivity contribution in [3.63, 3.8) is 0 Å². The van der Waals surface area contributed by atoms with Gasteiger partial charge in [-0.05, 0) is 26.0 Å². The highest BCUT2D eigenvalue weighted by molar-refractivity contribution is 6.07. The molecule has 100 valence electrons. The van der Waals surface area contributed by atoms with Gasteiger partial charge in [0, 0.05) is 5.56 Å². The van der Waals surface area contributed by atoms with Gasteiger partial charge in [-0.2, -0.15) is 0 Å². The number of carbonyl (C=O) groups is 1. The van der Waals surface area contributed by atoms with E-state index in [1.807, 2.05) is 0 Å². The Balaban J connectivity index is 2.30. The first-order valence-corrected chi connectivity index (χ1v) is 5.54. The van der Waals surface area contributed by atoms with Crippen molar-refractivity contribution in [1.29, 1.82) is 0 Å². The number of rotatable bonds is 3. The van der Waals surface area contributed by atoms with Gasteiger partial charge >= 0.3 is 0 Å². The van der Waals surface area contributed by atoms with Crippen LogP contribution in [0.4, 0.5) is 16.0 Å². The summed E-state index contributed by atoms with van der Waals surface area (Å²) in [5, 5.41) is 6.24. The van der Waals surface area contributed by atoms with Crippen LogP contribution in [0.3, 0.4) is 0 Å². The van der Waals surface area contributed by atoms with Crippen molar-refractivity contribution in [2.24, 2.45) is 5.84 Å². The lowest BCUT2D eigenvalue weighted by atomic mass is 10.1. The average Bonchev–Trinajstić information content (AvgIpc) is 2.70. The van der Waals surface area contributed by atoms with E-state index in [0.29, 0.717) is 11.3 Å². The van der Waals surface area contributed by atoms with Crippen LogP contribution in [0, 0.1) is 19.7 Å². The summed E-state index contributed by atoms with van der Waals surface area (Å²) in [7, 11) is 0. The molecule has 0 saturated heterocycles. The molecule has 0 bridgehead atoms. The summed E-state index contributed by atoms with van der Waals surface area (Å²) in [6, 6.07) is 4.07. The first-order valence-electron chi connectivity index (χ1n) is 5.54. The number of benzene rings is 1. The second-order valence-electron chi connectivity index (χ2n) is 3.98. The van der Waals surface area contributed by atoms with Gasteiger partial charge in [0.05, 0.1) is 16.9 Å². The first kappa shape index (κ1) is 13.0. The number of para-hydroxylation sites is 1. The van der Waals surface area contributed by atoms with Crippen LogP contribution in [-0.4, -0.2) is 11.1 Å². The van der Waals surface area contributed by atoms with Crippen LogP contribution in [-0.2, 0) is 0 Å². The van der Waals surface area contributed by atoms with Gasteiger partial charge in [-0.25, -0.2) is 4.39 Å². The van der Waals surface area contributed by atoms with Crippen molar-refractivity contribution < 1.29 is 13.7 Å². The zero-order chi connectivity index (χ0) is 14.0. The minimum absolute atomic E-state index is 0.0751. The molecule has 0 aliphatic rings. The van der Waals surface area contributed by atoms with Crippen molar-refractivity contribution in [2.45, 2.75) is 13.8 Å². The molecule has 0 saturated carbocycles. The number of hydrazine groups is 1. The second kappa shape index (κ2) is 5.07. The van der Waals surface area contributed by atoms with E-state index in [9.17, 15) is 9.18 Å². The fourth-order valence-corrected chi connectivity index (χ4v) is 1.56. The lowest BCUT2D eigenvalue weighted by Crippen LogP contribution is -2.18. The third-order valence-corrected chi connectivity index (χ3v) is 2.79. The molecule has 7 heteroatoms. The summed E-state index contributed by atoms with van der Waals surface area (Å²) in [6.07, 6.45) is 0. The number of aromatic nitrogens is 1. The number of nitrogens with one attached hydrogen (secondary N) is 2. The first-order chi connectivity index (χ1) is 9.04. The van der Waals surface area contributed by atoms with Gasteiger partial charge in [-0.1, -0.05) is 11.2 Å². The average molecular weight is 264 g/mol. The summed E-state index contributed by atoms with van der Waals surface area (Å²) in [5.74, 6) is 4.30. The molecule has 6 nitrogen and oxygen atoms in total. The molecule has 1 amide bonds. The van der Waals surface area contributed by atoms with Gasteiger partial charge in [0.15, 0.2) is 0 Å². The van der Waals surface area contributed by atoms with Crippen molar-refractivity contribution >= 4 is 17.5 Å². The monoisotopic (exact) mass is 264 g/mol. The van der Waals surface area contributed by atoms with Crippen molar-refractivity contribution in [2.75, 3.05) is 10.7 Å². The quantitative estimate of drug-likeness (QED) is 0.582. The number of nitrogens with zero attached hydrogens (tertiary/aromatic N) is 1. The van der Waals surface area contributed by atoms with E-state index in [2.05, 4.69) is 15.9 Å². The van der Waals surface area contributed by atoms with Gasteiger partial charge < -0.3 is 9.95 Å². The molecule has 0 spiro atoms. The molecule has 0 aliphatic carbocycles. The van der Waals surface area contributed by atoms with E-state index < -0.39 is 11.7 Å². The summed E-state index contributed by atoms with van der Waals surface area (Å²) < 4.78 is 18.4. The van der Waals surface area contributed by atoms with Crippen LogP contribution >= 0.6 is 0 Å². The number of aryl methyl sites for hydroxylation is 1. The summed E-state index contributed by atoms with van der Waals surface area (Å²) in [5.41, 5.74) is 3.56. The number of amides is 1. The lowest BCUT2D eigenvalue weighted by molar-refractivity contribution is 0.102. The van der Waals surface area contributed by atoms with Crippen LogP contribution in [0.2, 0.25) is 0 Å². The Morgan fingerprint density at radius 2 is 2.16 bits per heavy atom. The maximum atomic E-state index is 13.5. The van der Waals surface area contributed by atoms with E-state index >= 15 is 0 Å². The van der Waals surface area contributed by atoms with E-state index in [0.717, 1.165) is 0 Å². The fraction of sp³-hybridized carbons (Fsp3) is 0.167. The predicted molar refractivity (Wildman–Crippen MR) is 68.1 cm³/mol. The van der Waals surface area contributed by atoms with Crippen molar-refractivity contribution in [3.05, 3.63) is 40.8 Å². The van der Waals surface area contributed by atoms with Gasteiger partial charge in [-0.15, -0.1) is 0 Å². The number of nitrogens with two attached hydrogens (primary N) is 1. The third kappa shape index (κ3) is 2.41. The second-order valence-corrected chi connectivity index (χ2v) is 3.98. The van der Waals surface area contributed by atoms with E-state index in [-0.39, 0.29) is 17.1 Å². The molecule has 1 heterocycles. The number of nitrogen functional groups attached to an aromatic ring is 1. The van der Waals surface area contributed by atoms with Gasteiger partial charge in [0.2, 0.25) is 5.88 Å². The lowest BCUT2D eigenvalue weighted by Gasteiger charge is -2.09. The highest BCUT2D eigenvalue weighted by Crippen LogP contribution is 2.22. The van der Waals surface area contributed by atoms with Crippen molar-refractivity contribution in [1.82, 2.24) is 5.16 Å². The molecule has 1 aromatic heterocycles. The topological polar surface area (TPSA) is 93.2 Å². The molecule has 2 aromatic rings. The number of hydrogen-bond acceptors (Lipinski definition) is 5. The van der Waals surface area contributed by atoms with Crippen LogP contribution in [0.15, 0.2) is 22.7 Å². The minimum atomic E-state index is -0.611. The van der Waals surface area contributed by atoms with Gasteiger partial charge in [-0.3, -0.25) is 16.0 Å². The molecular formula is C12H13FN4O2. The molecular weight excluding hydrogens is 251 g/mol. The Labute approximate surface area is 108 Å². The normalized spacial score (nSPS) is 10.3. The van der Waals surface area contributed by atoms with E-state index in [4.69, 9.17) is 10.4 Å². The number of anilines is 2. The van der Waals surface area contributed by atoms with Gasteiger partial charge in [0.1, 0.15) is 5.82 Å². The molecule has 4 N–H and O–H groups in total. The molecule has 0 fully saturated rings. The molecule has 0 aliphatic heterocycles. The van der Waals surface area contributed by atoms with E-state index in [1.165, 1.54) is 18.2 Å². The van der Waals surface area contributed by atoms with Crippen LogP contribution < -0.4 is 16.6 Å². The Hall–Kier alpha value is -2.41. The number of halogens is 1. The molecule has 0 atom stereocenters. The maximum absolute atomic E-state index is 13.5. The van der Waals surface area contributed by atoms with Crippen molar-refractivity contribution in [3.8, 4) is 0 Å². The van der Waals surface area contributed by atoms with Gasteiger partial charge in [0.25, 0.3) is 5.91 Å². The summed E-state index contributed by atoms with van der Waals surface area (Å²) >= 11 is 0. The molecule has 2 rings (SSSR count). The summed E-state index contributed by atoms with van der Waals surface area (Å²) in [6.45, 7) is 3.51. The predicted octanol–water partition coefficient (Wildman–Crippen LogP) is 1.97. The smallest absolute Gasteiger partial charge is 0.260 e. The Morgan fingerprint density at radius 3 is 2.74 bits per heavy atom. The molecule has 19 heavy (non-hydrogen) atoms. The Kier molecular flexibility index (Phi) is 3.48. The molecule has 0 radical (unpaired) electrons. The Morgan fingerprint density at radius 1 is 1.42 bits per heavy atom. The summed E-state index contributed by atoms with van der Waals surface area (Å²) in [4.78, 5) is 12.0. The highest BCUT2D eigenvalue weighted by atomic mass is 19.1. The zero-order valence-electron chi connectivity index (χ0n) is 10.5. The SMILES string of the molecule is Cc1noc(NC(=O)c2cccc(F)c2NN)c1C. The molecule has 0 unspecified atom stereocenters. The third-order valence-electron chi connectivity index (χ3n) is 2.79. The van der Waals surface area contributed by atoms with Crippen LogP contribution in [0.5, 0.6) is 0 Å². The number of hydrogen-bond donors (Lipinski definition) is 3. The fourth-order valence-electron chi connectivity index (χ4n) is 1.56. The minimum Gasteiger partial charge on any atom is -0.338 e. The van der Waals surface area contributed by atoms with Crippen LogP contribution in [0.1, 0.15) is 21.6 Å². The van der Waals surface area contributed by atoms with Crippen LogP contribution in [0.25, 0.3) is 0 Å². The molecule has 1 aromatic carbocycles. The van der Waals surface area contributed by atoms with E-state index in [1.54, 1.807) is 13.8 Å². The highest BCUT2D eigenvalue weighted by Gasteiger charge is 2.17.